The molecule has 0 spiro atoms. The van der Waals surface area contributed by atoms with Crippen LogP contribution in [0.25, 0.3) is 0 Å². The van der Waals surface area contributed by atoms with E-state index in [-0.39, 0.29) is 12.1 Å². The molecule has 110 valence electrons. The Balaban J connectivity index is 2.38. The van der Waals surface area contributed by atoms with Gasteiger partial charge >= 0.3 is 5.97 Å². The number of rotatable bonds is 3. The van der Waals surface area contributed by atoms with E-state index in [1.807, 2.05) is 19.1 Å². The zero-order valence-electron chi connectivity index (χ0n) is 12.3. The van der Waals surface area contributed by atoms with Crippen molar-refractivity contribution in [3.8, 4) is 0 Å². The second-order valence-electron chi connectivity index (χ2n) is 5.09. The van der Waals surface area contributed by atoms with Gasteiger partial charge in [0.1, 0.15) is 0 Å². The fourth-order valence-electron chi connectivity index (χ4n) is 2.57. The number of hydrogen-bond acceptors (Lipinski definition) is 5. The van der Waals surface area contributed by atoms with Crippen molar-refractivity contribution in [3.05, 3.63) is 23.8 Å². The van der Waals surface area contributed by atoms with Gasteiger partial charge in [-0.25, -0.2) is 4.79 Å². The van der Waals surface area contributed by atoms with Crippen molar-refractivity contribution in [2.24, 2.45) is 0 Å². The maximum atomic E-state index is 11.7. The molecule has 20 heavy (non-hydrogen) atoms. The van der Waals surface area contributed by atoms with Crippen molar-refractivity contribution in [1.82, 2.24) is 0 Å². The first kappa shape index (κ1) is 14.7. The summed E-state index contributed by atoms with van der Waals surface area (Å²) in [7, 11) is 1.36. The third-order valence-corrected chi connectivity index (χ3v) is 3.74. The summed E-state index contributed by atoms with van der Waals surface area (Å²) in [4.78, 5) is 14.0. The zero-order chi connectivity index (χ0) is 14.7. The topological polar surface area (TPSA) is 64.8 Å². The highest BCUT2D eigenvalue weighted by Crippen LogP contribution is 2.31. The summed E-state index contributed by atoms with van der Waals surface area (Å²) in [6.07, 6.45) is 1.12. The van der Waals surface area contributed by atoms with Gasteiger partial charge in [0.25, 0.3) is 0 Å². The molecule has 1 aromatic carbocycles. The van der Waals surface area contributed by atoms with Gasteiger partial charge in [-0.15, -0.1) is 0 Å². The highest BCUT2D eigenvalue weighted by molar-refractivity contribution is 5.98. The van der Waals surface area contributed by atoms with Crippen molar-refractivity contribution in [3.63, 3.8) is 0 Å². The Morgan fingerprint density at radius 3 is 2.95 bits per heavy atom. The van der Waals surface area contributed by atoms with Gasteiger partial charge in [-0.1, -0.05) is 13.0 Å². The minimum Gasteiger partial charge on any atom is -0.465 e. The number of methoxy groups -OCH3 is 1. The van der Waals surface area contributed by atoms with Gasteiger partial charge in [-0.3, -0.25) is 0 Å². The first-order valence-corrected chi connectivity index (χ1v) is 6.93. The quantitative estimate of drug-likeness (QED) is 0.677. The summed E-state index contributed by atoms with van der Waals surface area (Å²) in [5.41, 5.74) is 7.95. The molecule has 0 radical (unpaired) electrons. The number of hydrogen-bond donors (Lipinski definition) is 1. The van der Waals surface area contributed by atoms with Crippen LogP contribution in [0.15, 0.2) is 18.2 Å². The Labute approximate surface area is 119 Å². The van der Waals surface area contributed by atoms with Crippen LogP contribution >= 0.6 is 0 Å². The van der Waals surface area contributed by atoms with Gasteiger partial charge in [0.15, 0.2) is 0 Å². The van der Waals surface area contributed by atoms with Crippen molar-refractivity contribution < 1.29 is 14.3 Å². The summed E-state index contributed by atoms with van der Waals surface area (Å²) in [6.45, 7) is 5.61. The number of morpholine rings is 1. The summed E-state index contributed by atoms with van der Waals surface area (Å²) in [5, 5.41) is 0. The van der Waals surface area contributed by atoms with Crippen LogP contribution in [0.2, 0.25) is 0 Å². The molecular formula is C15H22N2O3. The van der Waals surface area contributed by atoms with Crippen LogP contribution < -0.4 is 10.6 Å². The summed E-state index contributed by atoms with van der Waals surface area (Å²) < 4.78 is 10.5. The number of esters is 1. The van der Waals surface area contributed by atoms with Crippen LogP contribution in [0.5, 0.6) is 0 Å². The molecule has 5 heteroatoms. The maximum absolute atomic E-state index is 11.7. The van der Waals surface area contributed by atoms with E-state index in [2.05, 4.69) is 11.8 Å². The van der Waals surface area contributed by atoms with Crippen LogP contribution in [-0.2, 0) is 9.47 Å². The molecule has 0 bridgehead atoms. The fourth-order valence-corrected chi connectivity index (χ4v) is 2.57. The van der Waals surface area contributed by atoms with Crippen LogP contribution in [0.1, 0.15) is 30.6 Å². The van der Waals surface area contributed by atoms with Gasteiger partial charge in [-0.2, -0.15) is 0 Å². The van der Waals surface area contributed by atoms with Gasteiger partial charge in [-0.05, 0) is 25.5 Å². The van der Waals surface area contributed by atoms with Crippen LogP contribution in [0, 0.1) is 0 Å². The lowest BCUT2D eigenvalue weighted by Crippen LogP contribution is -2.49. The normalized spacial score (nSPS) is 22.6. The first-order valence-electron chi connectivity index (χ1n) is 6.93. The Kier molecular flexibility index (Phi) is 4.49. The predicted molar refractivity (Wildman–Crippen MR) is 79.0 cm³/mol. The van der Waals surface area contributed by atoms with Crippen molar-refractivity contribution in [2.45, 2.75) is 32.4 Å². The number of nitrogens with zero attached hydrogens (tertiary/aromatic N) is 1. The average molecular weight is 278 g/mol. The molecule has 2 atom stereocenters. The first-order chi connectivity index (χ1) is 9.58. The standard InChI is InChI=1S/C15H22N2O3/c1-4-11-9-20-10(2)8-17(11)13-7-5-6-12(14(13)16)15(18)19-3/h5-7,10-11H,4,8-9,16H2,1-3H3. The van der Waals surface area contributed by atoms with Crippen LogP contribution in [0.3, 0.4) is 0 Å². The van der Waals surface area contributed by atoms with Crippen LogP contribution in [0.4, 0.5) is 11.4 Å². The molecule has 1 fully saturated rings. The molecule has 0 aliphatic carbocycles. The fraction of sp³-hybridized carbons (Fsp3) is 0.533. The molecule has 1 aromatic rings. The van der Waals surface area contributed by atoms with E-state index in [1.165, 1.54) is 7.11 Å². The molecule has 2 N–H and O–H groups in total. The van der Waals surface area contributed by atoms with Gasteiger partial charge in [0.2, 0.25) is 0 Å². The lowest BCUT2D eigenvalue weighted by atomic mass is 10.1. The lowest BCUT2D eigenvalue weighted by molar-refractivity contribution is 0.0300. The SMILES string of the molecule is CCC1COC(C)CN1c1cccc(C(=O)OC)c1N. The second kappa shape index (κ2) is 6.13. The van der Waals surface area contributed by atoms with E-state index < -0.39 is 5.97 Å². The largest absolute Gasteiger partial charge is 0.465 e. The number of carbonyl (C=O) groups excluding carboxylic acids is 1. The molecule has 2 rings (SSSR count). The van der Waals surface area contributed by atoms with E-state index in [1.54, 1.807) is 6.07 Å². The molecule has 1 aliphatic rings. The minimum absolute atomic E-state index is 0.152. The number of nitrogens with two attached hydrogens (primary N) is 1. The molecule has 0 saturated carbocycles. The molecule has 1 saturated heterocycles. The van der Waals surface area contributed by atoms with Gasteiger partial charge in [0.05, 0.1) is 42.8 Å². The third-order valence-electron chi connectivity index (χ3n) is 3.74. The molecule has 0 aromatic heterocycles. The molecule has 5 nitrogen and oxygen atoms in total. The zero-order valence-corrected chi connectivity index (χ0v) is 12.3. The minimum atomic E-state index is -0.404. The number of para-hydroxylation sites is 1. The second-order valence-corrected chi connectivity index (χ2v) is 5.09. The highest BCUT2D eigenvalue weighted by atomic mass is 16.5. The monoisotopic (exact) mass is 278 g/mol. The number of benzene rings is 1. The van der Waals surface area contributed by atoms with Crippen LogP contribution in [-0.4, -0.2) is 38.4 Å². The molecule has 2 unspecified atom stereocenters. The summed E-state index contributed by atoms with van der Waals surface area (Å²) in [5.74, 6) is -0.404. The summed E-state index contributed by atoms with van der Waals surface area (Å²) >= 11 is 0. The van der Waals surface area contributed by atoms with Gasteiger partial charge in [0, 0.05) is 6.54 Å². The van der Waals surface area contributed by atoms with E-state index >= 15 is 0 Å². The van der Waals surface area contributed by atoms with E-state index in [4.69, 9.17) is 15.2 Å². The Morgan fingerprint density at radius 1 is 1.55 bits per heavy atom. The molecule has 1 heterocycles. The van der Waals surface area contributed by atoms with E-state index in [0.29, 0.717) is 17.9 Å². The molecule has 1 aliphatic heterocycles. The maximum Gasteiger partial charge on any atom is 0.340 e. The number of anilines is 2. The van der Waals surface area contributed by atoms with E-state index in [9.17, 15) is 4.79 Å². The highest BCUT2D eigenvalue weighted by Gasteiger charge is 2.28. The Morgan fingerprint density at radius 2 is 2.30 bits per heavy atom. The number of nitrogen functional groups attached to an aromatic ring is 1. The smallest absolute Gasteiger partial charge is 0.340 e. The van der Waals surface area contributed by atoms with E-state index in [0.717, 1.165) is 18.7 Å². The predicted octanol–water partition coefficient (Wildman–Crippen LogP) is 2.06. The number of carbonyl (C=O) groups is 1. The van der Waals surface area contributed by atoms with Crippen molar-refractivity contribution >= 4 is 17.3 Å². The number of ether oxygens (including phenoxy) is 2. The Bertz CT molecular complexity index is 490. The molecule has 0 amide bonds. The molecular weight excluding hydrogens is 256 g/mol. The third kappa shape index (κ3) is 2.72. The summed E-state index contributed by atoms with van der Waals surface area (Å²) in [6, 6.07) is 5.75. The van der Waals surface area contributed by atoms with Crippen molar-refractivity contribution in [1.29, 1.82) is 0 Å². The lowest BCUT2D eigenvalue weighted by Gasteiger charge is -2.40. The Hall–Kier alpha value is -1.75. The van der Waals surface area contributed by atoms with Gasteiger partial charge < -0.3 is 20.1 Å². The van der Waals surface area contributed by atoms with Crippen molar-refractivity contribution in [2.75, 3.05) is 30.9 Å². The average Bonchev–Trinajstić information content (AvgIpc) is 2.46.